The Kier molecular flexibility index (Phi) is 7.27. The number of nitrogens with zero attached hydrogens (tertiary/aromatic N) is 2. The molecule has 0 radical (unpaired) electrons. The van der Waals surface area contributed by atoms with Gasteiger partial charge in [-0.15, -0.1) is 4.91 Å². The van der Waals surface area contributed by atoms with Crippen molar-refractivity contribution in [1.29, 1.82) is 0 Å². The summed E-state index contributed by atoms with van der Waals surface area (Å²) >= 11 is 0. The number of ether oxygens (including phenoxy) is 1. The van der Waals surface area contributed by atoms with Gasteiger partial charge in [-0.2, -0.15) is 8.42 Å². The number of methoxy groups -OCH3 is 1. The number of nitroso groups, excluding NO2 is 1. The zero-order valence-electron chi connectivity index (χ0n) is 13.8. The Balaban J connectivity index is 0.00000242. The first-order valence-corrected chi connectivity index (χ1v) is 8.30. The van der Waals surface area contributed by atoms with Gasteiger partial charge in [0.05, 0.1) is 12.9 Å². The Hall–Kier alpha value is -0.670. The average molecular weight is 338 g/mol. The summed E-state index contributed by atoms with van der Waals surface area (Å²) in [6.07, 6.45) is 2.11. The first-order chi connectivity index (χ1) is 9.94. The summed E-state index contributed by atoms with van der Waals surface area (Å²) < 4.78 is 35.5. The van der Waals surface area contributed by atoms with Gasteiger partial charge >= 0.3 is 29.6 Å². The smallest absolute Gasteiger partial charge is 1.00 e. The van der Waals surface area contributed by atoms with Crippen LogP contribution in [0.3, 0.4) is 0 Å². The van der Waals surface area contributed by atoms with E-state index in [-0.39, 0.29) is 42.4 Å². The van der Waals surface area contributed by atoms with Gasteiger partial charge in [0, 0.05) is 24.8 Å². The van der Waals surface area contributed by atoms with Gasteiger partial charge in [0.2, 0.25) is 0 Å². The molecule has 2 rings (SSSR count). The topological polar surface area (TPSA) is 96.3 Å². The maximum Gasteiger partial charge on any atom is 1.00 e. The van der Waals surface area contributed by atoms with Crippen molar-refractivity contribution in [2.24, 2.45) is 5.18 Å². The number of benzene rings is 1. The molecule has 0 aliphatic carbocycles. The third-order valence-electron chi connectivity index (χ3n) is 3.52. The van der Waals surface area contributed by atoms with Crippen molar-refractivity contribution in [3.63, 3.8) is 0 Å². The Bertz CT molecular complexity index is 641. The average Bonchev–Trinajstić information content (AvgIpc) is 2.44. The molecule has 1 aromatic carbocycles. The van der Waals surface area contributed by atoms with Crippen LogP contribution in [0.15, 0.2) is 17.3 Å². The van der Waals surface area contributed by atoms with Gasteiger partial charge in [0.1, 0.15) is 11.4 Å². The van der Waals surface area contributed by atoms with Crippen LogP contribution >= 0.6 is 0 Å². The molecule has 1 heterocycles. The minimum atomic E-state index is -3.93. The van der Waals surface area contributed by atoms with Crippen LogP contribution in [0.4, 0.5) is 11.4 Å². The monoisotopic (exact) mass is 338 g/mol. The van der Waals surface area contributed by atoms with Gasteiger partial charge < -0.3 is 11.1 Å². The summed E-state index contributed by atoms with van der Waals surface area (Å²) in [7, 11) is -2.46. The van der Waals surface area contributed by atoms with E-state index in [0.29, 0.717) is 18.7 Å². The molecule has 0 aromatic heterocycles. The molecule has 0 bridgehead atoms. The van der Waals surface area contributed by atoms with E-state index >= 15 is 0 Å². The third-order valence-corrected chi connectivity index (χ3v) is 4.33. The van der Waals surface area contributed by atoms with E-state index in [4.69, 9.17) is 9.29 Å². The molecular formula is C13H19N2NaO5S. The van der Waals surface area contributed by atoms with Crippen molar-refractivity contribution in [2.75, 3.05) is 30.9 Å². The van der Waals surface area contributed by atoms with E-state index in [1.165, 1.54) is 7.11 Å². The van der Waals surface area contributed by atoms with E-state index in [1.807, 2.05) is 4.90 Å². The van der Waals surface area contributed by atoms with Crippen LogP contribution in [0.2, 0.25) is 0 Å². The summed E-state index contributed by atoms with van der Waals surface area (Å²) in [5.41, 5.74) is 2.21. The zero-order valence-corrected chi connectivity index (χ0v) is 15.6. The van der Waals surface area contributed by atoms with Crippen LogP contribution in [0, 0.1) is 4.91 Å². The van der Waals surface area contributed by atoms with Crippen molar-refractivity contribution < 1.29 is 48.7 Å². The summed E-state index contributed by atoms with van der Waals surface area (Å²) in [6, 6.07) is 3.48. The maximum absolute atomic E-state index is 10.8. The van der Waals surface area contributed by atoms with Crippen LogP contribution in [-0.2, 0) is 16.5 Å². The van der Waals surface area contributed by atoms with Crippen LogP contribution in [0.5, 0.6) is 5.75 Å². The molecule has 22 heavy (non-hydrogen) atoms. The van der Waals surface area contributed by atoms with Gasteiger partial charge in [-0.3, -0.25) is 4.55 Å². The van der Waals surface area contributed by atoms with E-state index in [9.17, 15) is 13.3 Å². The first kappa shape index (κ1) is 19.4. The number of anilines is 1. The van der Waals surface area contributed by atoms with Gasteiger partial charge in [0.15, 0.2) is 0 Å². The normalized spacial score (nSPS) is 14.0. The van der Waals surface area contributed by atoms with Gasteiger partial charge in [-0.05, 0) is 36.1 Å². The Labute approximate surface area is 153 Å². The van der Waals surface area contributed by atoms with Crippen molar-refractivity contribution >= 4 is 21.5 Å². The van der Waals surface area contributed by atoms with Crippen molar-refractivity contribution in [3.8, 4) is 5.75 Å². The second-order valence-electron chi connectivity index (χ2n) is 4.97. The summed E-state index contributed by atoms with van der Waals surface area (Å²) in [6.45, 7) is 1.32. The number of fused-ring (bicyclic) bond motifs is 1. The Morgan fingerprint density at radius 3 is 2.77 bits per heavy atom. The predicted octanol–water partition coefficient (Wildman–Crippen LogP) is -0.760. The van der Waals surface area contributed by atoms with Crippen LogP contribution < -0.4 is 39.2 Å². The second-order valence-corrected chi connectivity index (χ2v) is 6.55. The molecule has 0 atom stereocenters. The van der Waals surface area contributed by atoms with E-state index < -0.39 is 10.1 Å². The molecule has 7 nitrogen and oxygen atoms in total. The summed E-state index contributed by atoms with van der Waals surface area (Å²) in [5, 5.41) is 2.96. The molecule has 1 N–H and O–H groups in total. The fourth-order valence-corrected chi connectivity index (χ4v) is 3.08. The van der Waals surface area contributed by atoms with Crippen molar-refractivity contribution in [3.05, 3.63) is 22.6 Å². The zero-order chi connectivity index (χ0) is 15.5. The summed E-state index contributed by atoms with van der Waals surface area (Å²) in [4.78, 5) is 12.8. The van der Waals surface area contributed by atoms with Gasteiger partial charge in [-0.1, -0.05) is 0 Å². The van der Waals surface area contributed by atoms with Gasteiger partial charge in [-0.25, -0.2) is 0 Å². The molecule has 0 unspecified atom stereocenters. The molecule has 1 aliphatic rings. The van der Waals surface area contributed by atoms with Crippen LogP contribution in [-0.4, -0.2) is 38.9 Å². The predicted molar refractivity (Wildman–Crippen MR) is 81.1 cm³/mol. The van der Waals surface area contributed by atoms with Crippen LogP contribution in [0.25, 0.3) is 0 Å². The van der Waals surface area contributed by atoms with Crippen molar-refractivity contribution in [1.82, 2.24) is 0 Å². The molecule has 0 amide bonds. The van der Waals surface area contributed by atoms with Gasteiger partial charge in [0.25, 0.3) is 10.1 Å². The largest absolute Gasteiger partial charge is 1.00 e. The quantitative estimate of drug-likeness (QED) is 0.416. The molecule has 0 fully saturated rings. The fourth-order valence-electron chi connectivity index (χ4n) is 2.58. The first-order valence-electron chi connectivity index (χ1n) is 6.69. The molecule has 118 valence electrons. The number of aryl methyl sites for hydroxylation is 1. The number of hydrogen-bond donors (Lipinski definition) is 1. The minimum absolute atomic E-state index is 0. The molecule has 0 saturated carbocycles. The second kappa shape index (κ2) is 8.26. The van der Waals surface area contributed by atoms with E-state index in [2.05, 4.69) is 5.18 Å². The molecule has 0 spiro atoms. The summed E-state index contributed by atoms with van der Waals surface area (Å²) in [5.74, 6) is 0.148. The standard InChI is InChI=1S/C13H18N2O5S.Na.H/c1-20-13-9-12-10(8-11(13)14-16)4-2-5-15(12)6-3-7-21(17,18)19;;/h8-9H,2-7H2,1H3,(H,17,18,19);;/q;+1;-1. The molecule has 9 heteroatoms. The molecular weight excluding hydrogens is 319 g/mol. The number of hydrogen-bond acceptors (Lipinski definition) is 6. The molecule has 0 saturated heterocycles. The molecule has 1 aliphatic heterocycles. The maximum atomic E-state index is 10.8. The fraction of sp³-hybridized carbons (Fsp3) is 0.538. The van der Waals surface area contributed by atoms with Crippen LogP contribution in [0.1, 0.15) is 19.8 Å². The Morgan fingerprint density at radius 1 is 1.45 bits per heavy atom. The SMILES string of the molecule is COc1cc2c(cc1N=O)CCCN2CCCS(=O)(=O)O.[H-].[Na+]. The Morgan fingerprint density at radius 2 is 2.18 bits per heavy atom. The van der Waals surface area contributed by atoms with E-state index in [0.717, 1.165) is 30.6 Å². The third kappa shape index (κ3) is 4.92. The number of rotatable bonds is 6. The minimum Gasteiger partial charge on any atom is -1.00 e. The van der Waals surface area contributed by atoms with E-state index in [1.54, 1.807) is 12.1 Å². The van der Waals surface area contributed by atoms with Crippen molar-refractivity contribution in [2.45, 2.75) is 19.3 Å². The molecule has 1 aromatic rings.